The van der Waals surface area contributed by atoms with Crippen LogP contribution in [0.3, 0.4) is 0 Å². The van der Waals surface area contributed by atoms with Crippen LogP contribution in [0.5, 0.6) is 0 Å². The normalized spacial score (nSPS) is 11.1. The minimum atomic E-state index is 0.937. The smallest absolute Gasteiger partial charge is 0.0299 e. The van der Waals surface area contributed by atoms with Gasteiger partial charge in [0.25, 0.3) is 0 Å². The molecule has 0 aliphatic rings. The van der Waals surface area contributed by atoms with E-state index in [-0.39, 0.29) is 0 Å². The van der Waals surface area contributed by atoms with E-state index in [2.05, 4.69) is 103 Å². The van der Waals surface area contributed by atoms with Gasteiger partial charge in [0.1, 0.15) is 0 Å². The zero-order chi connectivity index (χ0) is 36.6. The summed E-state index contributed by atoms with van der Waals surface area (Å²) in [5.41, 5.74) is 16.7. The van der Waals surface area contributed by atoms with Crippen LogP contribution in [0.4, 0.5) is 0 Å². The minimum Gasteiger partial charge on any atom is -0.264 e. The van der Waals surface area contributed by atoms with Gasteiger partial charge in [0.2, 0.25) is 0 Å². The average Bonchev–Trinajstić information content (AvgIpc) is 3.24. The summed E-state index contributed by atoms with van der Waals surface area (Å²) in [5, 5.41) is 0. The summed E-state index contributed by atoms with van der Waals surface area (Å²) in [7, 11) is 0. The zero-order valence-corrected chi connectivity index (χ0v) is 31.0. The van der Waals surface area contributed by atoms with Crippen LogP contribution in [-0.2, 0) is 77.0 Å². The number of nitrogens with zero attached hydrogens (tertiary/aromatic N) is 6. The van der Waals surface area contributed by atoms with E-state index in [1.807, 2.05) is 74.4 Å². The summed E-state index contributed by atoms with van der Waals surface area (Å²) < 4.78 is 0. The highest BCUT2D eigenvalue weighted by Gasteiger charge is 2.24. The molecule has 7 aromatic rings. The van der Waals surface area contributed by atoms with Crippen LogP contribution in [0.2, 0.25) is 0 Å². The van der Waals surface area contributed by atoms with Crippen molar-refractivity contribution < 1.29 is 0 Å². The Morgan fingerprint density at radius 3 is 0.519 bits per heavy atom. The molecule has 0 unspecified atom stereocenters. The van der Waals surface area contributed by atoms with Crippen molar-refractivity contribution in [3.8, 4) is 0 Å². The molecule has 0 saturated heterocycles. The quantitative estimate of drug-likeness (QED) is 0.0888. The second-order valence-electron chi connectivity index (χ2n) is 14.0. The minimum absolute atomic E-state index is 0.937. The fourth-order valence-corrected chi connectivity index (χ4v) is 7.80. The molecule has 7 rings (SSSR count). The molecule has 0 saturated carbocycles. The molecule has 0 radical (unpaired) electrons. The Labute approximate surface area is 319 Å². The number of aryl methyl sites for hydroxylation is 6. The van der Waals surface area contributed by atoms with Gasteiger partial charge in [-0.15, -0.1) is 0 Å². The first-order valence-electron chi connectivity index (χ1n) is 19.3. The molecule has 6 nitrogen and oxygen atoms in total. The van der Waals surface area contributed by atoms with Crippen LogP contribution in [0, 0.1) is 0 Å². The summed E-state index contributed by atoms with van der Waals surface area (Å²) in [5.74, 6) is 0. The predicted molar refractivity (Wildman–Crippen MR) is 216 cm³/mol. The molecule has 0 aliphatic carbocycles. The zero-order valence-electron chi connectivity index (χ0n) is 31.0. The maximum Gasteiger partial charge on any atom is 0.0299 e. The number of pyridine rings is 6. The van der Waals surface area contributed by atoms with E-state index in [0.29, 0.717) is 0 Å². The van der Waals surface area contributed by atoms with Crippen LogP contribution in [0.1, 0.15) is 66.8 Å². The Bertz CT molecular complexity index is 1720. The molecule has 0 spiro atoms. The number of rotatable bonds is 18. The first-order valence-corrected chi connectivity index (χ1v) is 19.3. The van der Waals surface area contributed by atoms with Crippen LogP contribution in [-0.4, -0.2) is 29.9 Å². The van der Waals surface area contributed by atoms with Gasteiger partial charge in [-0.3, -0.25) is 29.9 Å². The van der Waals surface area contributed by atoms with Gasteiger partial charge in [-0.1, -0.05) is 36.4 Å². The molecule has 1 aromatic carbocycles. The molecule has 6 heterocycles. The summed E-state index contributed by atoms with van der Waals surface area (Å²) in [4.78, 5) is 26.9. The maximum atomic E-state index is 4.49. The molecule has 270 valence electrons. The highest BCUT2D eigenvalue weighted by Crippen LogP contribution is 2.35. The third kappa shape index (κ3) is 10.2. The van der Waals surface area contributed by atoms with Crippen molar-refractivity contribution in [2.45, 2.75) is 77.0 Å². The van der Waals surface area contributed by atoms with E-state index in [1.165, 1.54) is 66.8 Å². The fraction of sp³-hybridized carbons (Fsp3) is 0.250. The second kappa shape index (κ2) is 19.3. The van der Waals surface area contributed by atoms with Gasteiger partial charge >= 0.3 is 0 Å². The van der Waals surface area contributed by atoms with Crippen LogP contribution >= 0.6 is 0 Å². The lowest BCUT2D eigenvalue weighted by atomic mass is 9.76. The fourth-order valence-electron chi connectivity index (χ4n) is 7.80. The molecule has 0 N–H and O–H groups in total. The van der Waals surface area contributed by atoms with E-state index >= 15 is 0 Å². The first kappa shape index (κ1) is 36.5. The van der Waals surface area contributed by atoms with Crippen molar-refractivity contribution >= 4 is 0 Å². The third-order valence-electron chi connectivity index (χ3n) is 10.5. The first-order chi connectivity index (χ1) is 26.8. The van der Waals surface area contributed by atoms with Crippen molar-refractivity contribution in [2.24, 2.45) is 0 Å². The summed E-state index contributed by atoms with van der Waals surface area (Å²) >= 11 is 0. The molecule has 54 heavy (non-hydrogen) atoms. The van der Waals surface area contributed by atoms with Crippen LogP contribution in [0.15, 0.2) is 147 Å². The molecule has 0 amide bonds. The third-order valence-corrected chi connectivity index (χ3v) is 10.5. The van der Waals surface area contributed by atoms with Gasteiger partial charge in [-0.2, -0.15) is 0 Å². The van der Waals surface area contributed by atoms with Crippen molar-refractivity contribution in [2.75, 3.05) is 0 Å². The number of aromatic nitrogens is 6. The van der Waals surface area contributed by atoms with Gasteiger partial charge in [0.15, 0.2) is 0 Å². The number of hydrogen-bond donors (Lipinski definition) is 0. The van der Waals surface area contributed by atoms with E-state index in [9.17, 15) is 0 Å². The van der Waals surface area contributed by atoms with E-state index in [4.69, 9.17) is 0 Å². The lowest BCUT2D eigenvalue weighted by Gasteiger charge is -2.28. The Hall–Kier alpha value is -5.88. The van der Waals surface area contributed by atoms with Crippen molar-refractivity contribution in [3.63, 3.8) is 0 Å². The molecule has 0 aliphatic heterocycles. The molecule has 0 atom stereocenters. The largest absolute Gasteiger partial charge is 0.264 e. The Morgan fingerprint density at radius 1 is 0.222 bits per heavy atom. The van der Waals surface area contributed by atoms with Crippen molar-refractivity contribution in [3.05, 3.63) is 214 Å². The van der Waals surface area contributed by atoms with E-state index < -0.39 is 0 Å². The Morgan fingerprint density at radius 2 is 0.389 bits per heavy atom. The van der Waals surface area contributed by atoms with E-state index in [0.717, 1.165) is 77.0 Å². The molecule has 6 heteroatoms. The highest BCUT2D eigenvalue weighted by molar-refractivity contribution is 5.54. The topological polar surface area (TPSA) is 77.3 Å². The van der Waals surface area contributed by atoms with Gasteiger partial charge in [-0.25, -0.2) is 0 Å². The van der Waals surface area contributed by atoms with Gasteiger partial charge in [0, 0.05) is 74.4 Å². The van der Waals surface area contributed by atoms with Gasteiger partial charge < -0.3 is 0 Å². The predicted octanol–water partition coefficient (Wildman–Crippen LogP) is 8.77. The number of benzene rings is 1. The molecule has 0 bridgehead atoms. The van der Waals surface area contributed by atoms with Gasteiger partial charge in [0.05, 0.1) is 0 Å². The summed E-state index contributed by atoms with van der Waals surface area (Å²) in [6.07, 6.45) is 34.7. The molecular weight excluding hydrogens is 661 g/mol. The molecular formula is C48H48N6. The SMILES string of the molecule is c1cncc(CCc2c(CCc3cccnc3)c(CCc3cccnc3)c(CCc3cccnc3)c(CCc3cccnc3)c2CCc2cccnc2)c1. The van der Waals surface area contributed by atoms with Crippen molar-refractivity contribution in [1.82, 2.24) is 29.9 Å². The summed E-state index contributed by atoms with van der Waals surface area (Å²) in [6.45, 7) is 0. The monoisotopic (exact) mass is 708 g/mol. The number of hydrogen-bond acceptors (Lipinski definition) is 6. The van der Waals surface area contributed by atoms with Crippen LogP contribution < -0.4 is 0 Å². The lowest BCUT2D eigenvalue weighted by Crippen LogP contribution is -2.18. The second-order valence-corrected chi connectivity index (χ2v) is 14.0. The standard InChI is InChI=1S/C48H48N6/c1-7-37(31-49-25-1)13-19-43-44(20-14-38-8-2-26-50-32-38)46(22-16-40-10-4-28-52-34-40)48(24-18-42-12-6-30-54-36-42)47(23-17-41-11-5-29-53-35-41)45(43)21-15-39-9-3-27-51-33-39/h1-12,25-36H,13-24H2. The summed E-state index contributed by atoms with van der Waals surface area (Å²) in [6, 6.07) is 25.6. The van der Waals surface area contributed by atoms with Crippen LogP contribution in [0.25, 0.3) is 0 Å². The van der Waals surface area contributed by atoms with E-state index in [1.54, 1.807) is 0 Å². The Kier molecular flexibility index (Phi) is 13.0. The molecule has 0 fully saturated rings. The average molecular weight is 709 g/mol. The maximum absolute atomic E-state index is 4.49. The Balaban J connectivity index is 1.42. The lowest BCUT2D eigenvalue weighted by molar-refractivity contribution is 0.774. The highest BCUT2D eigenvalue weighted by atomic mass is 14.6. The van der Waals surface area contributed by atoms with Crippen molar-refractivity contribution in [1.29, 1.82) is 0 Å². The molecule has 6 aromatic heterocycles. The van der Waals surface area contributed by atoms with Gasteiger partial charge in [-0.05, 0) is 180 Å².